The fraction of sp³-hybridized carbons (Fsp3) is 0.607. The molecule has 3 N–H and O–H groups in total. The van der Waals surface area contributed by atoms with E-state index in [0.29, 0.717) is 44.2 Å². The number of carbonyl (C=O) groups is 3. The van der Waals surface area contributed by atoms with Gasteiger partial charge in [-0.25, -0.2) is 9.59 Å². The number of alkyl halides is 3. The summed E-state index contributed by atoms with van der Waals surface area (Å²) in [5.74, 6) is -3.37. The molecule has 1 heterocycles. The quantitative estimate of drug-likeness (QED) is 0.308. The summed E-state index contributed by atoms with van der Waals surface area (Å²) in [5, 5.41) is 7.70. The number of likely N-dealkylation sites (tertiary alicyclic amines) is 1. The number of rotatable bonds is 12. The molecule has 0 radical (unpaired) electrons. The Labute approximate surface area is 266 Å². The van der Waals surface area contributed by atoms with E-state index in [1.165, 1.54) is 0 Å². The minimum absolute atomic E-state index is 0.112. The van der Waals surface area contributed by atoms with E-state index < -0.39 is 73.5 Å². The lowest BCUT2D eigenvalue weighted by Crippen LogP contribution is -2.55. The van der Waals surface area contributed by atoms with E-state index in [0.717, 1.165) is 16.4 Å². The number of amides is 1. The van der Waals surface area contributed by atoms with Crippen molar-refractivity contribution in [1.82, 2.24) is 14.5 Å². The van der Waals surface area contributed by atoms with Crippen molar-refractivity contribution in [3.8, 4) is 0 Å². The van der Waals surface area contributed by atoms with Gasteiger partial charge in [-0.15, -0.1) is 0 Å². The van der Waals surface area contributed by atoms with E-state index in [2.05, 4.69) is 14.6 Å². The molecule has 1 amide bonds. The van der Waals surface area contributed by atoms with E-state index in [9.17, 15) is 44.4 Å². The van der Waals surface area contributed by atoms with Crippen LogP contribution >= 0.6 is 0 Å². The third kappa shape index (κ3) is 10.2. The predicted molar refractivity (Wildman–Crippen MR) is 160 cm³/mol. The highest BCUT2D eigenvalue weighted by Gasteiger charge is 2.43. The Kier molecular flexibility index (Phi) is 12.4. The van der Waals surface area contributed by atoms with Gasteiger partial charge in [0, 0.05) is 31.2 Å². The fourth-order valence-electron chi connectivity index (χ4n) is 5.76. The molecular formula is C28H39F3N4O9S2. The van der Waals surface area contributed by atoms with Gasteiger partial charge < -0.3 is 18.6 Å². The maximum atomic E-state index is 13.7. The third-order valence-corrected chi connectivity index (χ3v) is 9.67. The van der Waals surface area contributed by atoms with Gasteiger partial charge in [0.15, 0.2) is 0 Å². The highest BCUT2D eigenvalue weighted by Crippen LogP contribution is 2.34. The summed E-state index contributed by atoms with van der Waals surface area (Å²) in [6, 6.07) is 1.38. The van der Waals surface area contributed by atoms with Crippen LogP contribution in [0.25, 0.3) is 5.57 Å². The first kappa shape index (κ1) is 37.4. The third-order valence-electron chi connectivity index (χ3n) is 7.79. The minimum atomic E-state index is -4.93. The number of nitrogens with one attached hydrogen (secondary N) is 1. The van der Waals surface area contributed by atoms with Crippen LogP contribution in [0.4, 0.5) is 13.2 Å². The highest BCUT2D eigenvalue weighted by atomic mass is 32.2. The van der Waals surface area contributed by atoms with Crippen LogP contribution in [0.15, 0.2) is 30.3 Å². The molecular weight excluding hydrogens is 657 g/mol. The molecule has 18 heteroatoms. The molecule has 2 aliphatic rings. The molecule has 1 aliphatic carbocycles. The number of benzene rings is 1. The Morgan fingerprint density at radius 3 is 2.15 bits per heavy atom. The second-order valence-electron chi connectivity index (χ2n) is 11.7. The van der Waals surface area contributed by atoms with E-state index >= 15 is 0 Å². The van der Waals surface area contributed by atoms with Gasteiger partial charge in [0.1, 0.15) is 0 Å². The lowest BCUT2D eigenvalue weighted by atomic mass is 9.99. The smallest absolute Gasteiger partial charge is 0.341 e. The van der Waals surface area contributed by atoms with Crippen LogP contribution in [0.1, 0.15) is 69.9 Å². The summed E-state index contributed by atoms with van der Waals surface area (Å²) in [5.41, 5.74) is -2.85. The monoisotopic (exact) mass is 696 g/mol. The van der Waals surface area contributed by atoms with Gasteiger partial charge in [0.25, 0.3) is 0 Å². The first-order valence-corrected chi connectivity index (χ1v) is 17.5. The first-order valence-electron chi connectivity index (χ1n) is 14.7. The maximum absolute atomic E-state index is 13.7. The van der Waals surface area contributed by atoms with E-state index in [1.54, 1.807) is 11.9 Å². The zero-order valence-electron chi connectivity index (χ0n) is 25.7. The van der Waals surface area contributed by atoms with Crippen molar-refractivity contribution in [3.05, 3.63) is 41.5 Å². The van der Waals surface area contributed by atoms with Crippen LogP contribution in [0.2, 0.25) is 0 Å². The summed E-state index contributed by atoms with van der Waals surface area (Å²) in [6.07, 6.45) is -1.28. The van der Waals surface area contributed by atoms with Crippen molar-refractivity contribution >= 4 is 44.0 Å². The Hall–Kier alpha value is -3.06. The number of carbonyl (C=O) groups excluding carboxylic acids is 3. The van der Waals surface area contributed by atoms with Crippen molar-refractivity contribution in [3.63, 3.8) is 0 Å². The molecule has 46 heavy (non-hydrogen) atoms. The molecule has 258 valence electrons. The molecule has 13 nitrogen and oxygen atoms in total. The first-order chi connectivity index (χ1) is 21.3. The number of piperidine rings is 1. The van der Waals surface area contributed by atoms with Gasteiger partial charge in [-0.1, -0.05) is 38.8 Å². The average Bonchev–Trinajstić information content (AvgIpc) is 3.47. The number of halogens is 3. The molecule has 1 aromatic carbocycles. The Morgan fingerprint density at radius 1 is 1.04 bits per heavy atom. The second-order valence-corrected chi connectivity index (χ2v) is 14.3. The summed E-state index contributed by atoms with van der Waals surface area (Å²) in [6.45, 7) is 4.46. The largest absolute Gasteiger partial charge is 0.416 e. The summed E-state index contributed by atoms with van der Waals surface area (Å²) >= 11 is 0. The molecule has 1 aliphatic heterocycles. The molecule has 0 bridgehead atoms. The Bertz CT molecular complexity index is 1520. The van der Waals surface area contributed by atoms with Crippen LogP contribution < -0.4 is 10.5 Å². The SMILES string of the molecule is CNC(CC(C)C)C(=O)N1CCC(N(C2CCCC2)S(=O)(=O)OC(=O)/C(=C/C(=O)OS(N)(=O)=O)c2cccc(C(F)(F)F)c2)CC1. The normalized spacial score (nSPS) is 18.2. The average molecular weight is 697 g/mol. The maximum Gasteiger partial charge on any atom is 0.416 e. The van der Waals surface area contributed by atoms with Crippen molar-refractivity contribution in [2.24, 2.45) is 11.1 Å². The zero-order chi connectivity index (χ0) is 34.4. The van der Waals surface area contributed by atoms with Crippen molar-refractivity contribution in [2.75, 3.05) is 20.1 Å². The standard InChI is InChI=1S/C28H39F3N4O9S2/c1-18(2)15-24(33-3)26(37)34-13-11-22(12-14-34)35(21-9-4-5-10-21)46(41,42)44-27(38)23(17-25(36)43-45(32,39)40)19-7-6-8-20(16-19)28(29,30)31/h6-8,16-18,21-22,24,33H,4-5,9-15H2,1-3H3,(H2,32,39,40)/b23-17+. The number of hydrogen-bond donors (Lipinski definition) is 2. The molecule has 1 saturated carbocycles. The van der Waals surface area contributed by atoms with Crippen LogP contribution in [0, 0.1) is 5.92 Å². The molecule has 0 spiro atoms. The van der Waals surface area contributed by atoms with Gasteiger partial charge in [0.2, 0.25) is 5.91 Å². The van der Waals surface area contributed by atoms with Crippen molar-refractivity contribution in [2.45, 2.75) is 83.1 Å². The van der Waals surface area contributed by atoms with Crippen molar-refractivity contribution < 1.29 is 52.8 Å². The van der Waals surface area contributed by atoms with Gasteiger partial charge in [-0.05, 0) is 62.8 Å². The van der Waals surface area contributed by atoms with Gasteiger partial charge in [0.05, 0.1) is 17.2 Å². The van der Waals surface area contributed by atoms with Gasteiger partial charge in [-0.3, -0.25) is 4.79 Å². The molecule has 2 fully saturated rings. The molecule has 1 atom stereocenters. The van der Waals surface area contributed by atoms with E-state index in [1.807, 2.05) is 13.8 Å². The van der Waals surface area contributed by atoms with E-state index in [-0.39, 0.29) is 43.8 Å². The molecule has 3 rings (SSSR count). The summed E-state index contributed by atoms with van der Waals surface area (Å²) < 4.78 is 100. The number of nitrogens with zero attached hydrogens (tertiary/aromatic N) is 2. The highest BCUT2D eigenvalue weighted by molar-refractivity contribution is 7.85. The van der Waals surface area contributed by atoms with E-state index in [4.69, 9.17) is 4.18 Å². The lowest BCUT2D eigenvalue weighted by molar-refractivity contribution is -0.138. The molecule has 0 aromatic heterocycles. The lowest BCUT2D eigenvalue weighted by Gasteiger charge is -2.40. The minimum Gasteiger partial charge on any atom is -0.341 e. The predicted octanol–water partition coefficient (Wildman–Crippen LogP) is 2.49. The number of nitrogens with two attached hydrogens (primary N) is 1. The van der Waals surface area contributed by atoms with Crippen LogP contribution in [0.3, 0.4) is 0 Å². The Balaban J connectivity index is 1.91. The van der Waals surface area contributed by atoms with Crippen LogP contribution in [-0.4, -0.2) is 82.1 Å². The van der Waals surface area contributed by atoms with Gasteiger partial charge in [-0.2, -0.15) is 39.5 Å². The topological polar surface area (TPSA) is 182 Å². The number of hydrogen-bond acceptors (Lipinski definition) is 10. The van der Waals surface area contributed by atoms with Crippen LogP contribution in [0.5, 0.6) is 0 Å². The molecule has 1 aromatic rings. The zero-order valence-corrected chi connectivity index (χ0v) is 27.3. The number of likely N-dealkylation sites (N-methyl/N-ethyl adjacent to an activating group) is 1. The van der Waals surface area contributed by atoms with Crippen LogP contribution in [-0.2, 0) is 49.5 Å². The van der Waals surface area contributed by atoms with Gasteiger partial charge >= 0.3 is 38.7 Å². The Morgan fingerprint density at radius 2 is 1.63 bits per heavy atom. The summed E-state index contributed by atoms with van der Waals surface area (Å²) in [4.78, 5) is 40.3. The summed E-state index contributed by atoms with van der Waals surface area (Å²) in [7, 11) is -8.13. The van der Waals surface area contributed by atoms with Crippen molar-refractivity contribution in [1.29, 1.82) is 0 Å². The molecule has 1 saturated heterocycles. The fourth-order valence-corrected chi connectivity index (χ4v) is 7.56. The molecule has 1 unspecified atom stereocenters. The second kappa shape index (κ2) is 15.2.